The number of anilines is 1. The summed E-state index contributed by atoms with van der Waals surface area (Å²) >= 11 is 0. The number of hydrogen-bond acceptors (Lipinski definition) is 4. The maximum atomic E-state index is 10.7. The first-order valence-electron chi connectivity index (χ1n) is 4.46. The molecule has 0 unspecified atom stereocenters. The van der Waals surface area contributed by atoms with Crippen molar-refractivity contribution in [3.8, 4) is 0 Å². The van der Waals surface area contributed by atoms with E-state index in [-0.39, 0.29) is 5.69 Å². The summed E-state index contributed by atoms with van der Waals surface area (Å²) in [7, 11) is 1.84. The Labute approximate surface area is 82.5 Å². The molecule has 5 nitrogen and oxygen atoms in total. The summed E-state index contributed by atoms with van der Waals surface area (Å²) in [5.41, 5.74) is 0.676. The van der Waals surface area contributed by atoms with Gasteiger partial charge in [-0.05, 0) is 12.5 Å². The lowest BCUT2D eigenvalue weighted by Crippen LogP contribution is -2.18. The topological polar surface area (TPSA) is 59.3 Å². The van der Waals surface area contributed by atoms with E-state index in [0.29, 0.717) is 5.69 Å². The van der Waals surface area contributed by atoms with Crippen molar-refractivity contribution in [2.45, 2.75) is 13.3 Å². The maximum Gasteiger partial charge on any atom is 0.310 e. The number of aromatic nitrogens is 1. The van der Waals surface area contributed by atoms with Crippen LogP contribution in [0, 0.1) is 10.1 Å². The van der Waals surface area contributed by atoms with E-state index in [1.807, 2.05) is 18.9 Å². The number of rotatable bonds is 4. The molecule has 0 N–H and O–H groups in total. The van der Waals surface area contributed by atoms with Gasteiger partial charge in [0, 0.05) is 19.8 Å². The Morgan fingerprint density at radius 3 is 2.93 bits per heavy atom. The van der Waals surface area contributed by atoms with Crippen molar-refractivity contribution in [1.29, 1.82) is 0 Å². The Kier molecular flexibility index (Phi) is 3.39. The molecule has 0 aliphatic heterocycles. The maximum absolute atomic E-state index is 10.7. The molecular weight excluding hydrogens is 182 g/mol. The van der Waals surface area contributed by atoms with Gasteiger partial charge in [0.05, 0.1) is 4.92 Å². The van der Waals surface area contributed by atoms with Crippen LogP contribution < -0.4 is 4.90 Å². The van der Waals surface area contributed by atoms with E-state index >= 15 is 0 Å². The molecule has 1 rings (SSSR count). The average molecular weight is 195 g/mol. The second-order valence-electron chi connectivity index (χ2n) is 3.04. The highest BCUT2D eigenvalue weighted by molar-refractivity contribution is 5.61. The van der Waals surface area contributed by atoms with Gasteiger partial charge in [-0.1, -0.05) is 6.92 Å². The Bertz CT molecular complexity index is 328. The van der Waals surface area contributed by atoms with Crippen LogP contribution in [0.3, 0.4) is 0 Å². The van der Waals surface area contributed by atoms with Crippen molar-refractivity contribution in [2.24, 2.45) is 0 Å². The van der Waals surface area contributed by atoms with Crippen LogP contribution in [0.2, 0.25) is 0 Å². The third kappa shape index (κ3) is 2.18. The highest BCUT2D eigenvalue weighted by Crippen LogP contribution is 2.25. The monoisotopic (exact) mass is 195 g/mol. The summed E-state index contributed by atoms with van der Waals surface area (Å²) < 4.78 is 0. The van der Waals surface area contributed by atoms with Crippen LogP contribution in [-0.4, -0.2) is 23.5 Å². The smallest absolute Gasteiger partial charge is 0.310 e. The third-order valence-electron chi connectivity index (χ3n) is 1.94. The van der Waals surface area contributed by atoms with Gasteiger partial charge in [-0.25, -0.2) is 0 Å². The molecule has 0 aliphatic carbocycles. The van der Waals surface area contributed by atoms with Crippen LogP contribution in [0.1, 0.15) is 13.3 Å². The Hall–Kier alpha value is -1.65. The molecule has 1 aromatic rings. The number of pyridine rings is 1. The summed E-state index contributed by atoms with van der Waals surface area (Å²) in [5, 5.41) is 10.7. The molecule has 0 spiro atoms. The van der Waals surface area contributed by atoms with Crippen molar-refractivity contribution in [2.75, 3.05) is 18.5 Å². The van der Waals surface area contributed by atoms with Crippen LogP contribution in [-0.2, 0) is 0 Å². The molecule has 1 aromatic heterocycles. The SMILES string of the molecule is CCCN(C)c1ccncc1[N+](=O)[O-]. The second-order valence-corrected chi connectivity index (χ2v) is 3.04. The molecule has 0 aliphatic rings. The van der Waals surface area contributed by atoms with E-state index in [9.17, 15) is 10.1 Å². The quantitative estimate of drug-likeness (QED) is 0.543. The predicted octanol–water partition coefficient (Wildman–Crippen LogP) is 1.84. The Balaban J connectivity index is 3.00. The summed E-state index contributed by atoms with van der Waals surface area (Å²) in [6.45, 7) is 2.83. The van der Waals surface area contributed by atoms with Gasteiger partial charge < -0.3 is 4.90 Å². The number of hydrogen-bond donors (Lipinski definition) is 0. The lowest BCUT2D eigenvalue weighted by Gasteiger charge is -2.17. The van der Waals surface area contributed by atoms with Gasteiger partial charge in [-0.15, -0.1) is 0 Å². The zero-order chi connectivity index (χ0) is 10.6. The fraction of sp³-hybridized carbons (Fsp3) is 0.444. The second kappa shape index (κ2) is 4.55. The third-order valence-corrected chi connectivity index (χ3v) is 1.94. The van der Waals surface area contributed by atoms with Gasteiger partial charge >= 0.3 is 5.69 Å². The lowest BCUT2D eigenvalue weighted by atomic mass is 10.3. The van der Waals surface area contributed by atoms with Crippen molar-refractivity contribution in [3.05, 3.63) is 28.6 Å². The van der Waals surface area contributed by atoms with E-state index in [4.69, 9.17) is 0 Å². The van der Waals surface area contributed by atoms with Crippen molar-refractivity contribution < 1.29 is 4.92 Å². The average Bonchev–Trinajstić information content (AvgIpc) is 2.18. The summed E-state index contributed by atoms with van der Waals surface area (Å²) in [6, 6.07) is 1.66. The summed E-state index contributed by atoms with van der Waals surface area (Å²) in [5.74, 6) is 0. The zero-order valence-electron chi connectivity index (χ0n) is 8.30. The molecule has 76 valence electrons. The number of nitrogens with zero attached hydrogens (tertiary/aromatic N) is 3. The molecule has 1 heterocycles. The fourth-order valence-corrected chi connectivity index (χ4v) is 1.30. The molecule has 0 saturated carbocycles. The first-order valence-corrected chi connectivity index (χ1v) is 4.46. The molecule has 0 radical (unpaired) electrons. The minimum absolute atomic E-state index is 0.0588. The van der Waals surface area contributed by atoms with Crippen LogP contribution >= 0.6 is 0 Å². The van der Waals surface area contributed by atoms with Crippen molar-refractivity contribution in [3.63, 3.8) is 0 Å². The van der Waals surface area contributed by atoms with Crippen LogP contribution in [0.4, 0.5) is 11.4 Å². The van der Waals surface area contributed by atoms with Crippen LogP contribution in [0.25, 0.3) is 0 Å². The molecule has 0 fully saturated rings. The first-order chi connectivity index (χ1) is 6.66. The molecular formula is C9H13N3O2. The minimum atomic E-state index is -0.408. The molecule has 0 bridgehead atoms. The molecule has 0 aromatic carbocycles. The summed E-state index contributed by atoms with van der Waals surface area (Å²) in [6.07, 6.45) is 3.80. The van der Waals surface area contributed by atoms with Crippen molar-refractivity contribution in [1.82, 2.24) is 4.98 Å². The zero-order valence-corrected chi connectivity index (χ0v) is 8.30. The Morgan fingerprint density at radius 2 is 2.36 bits per heavy atom. The number of nitro groups is 1. The minimum Gasteiger partial charge on any atom is -0.369 e. The van der Waals surface area contributed by atoms with Gasteiger partial charge in [0.15, 0.2) is 0 Å². The normalized spacial score (nSPS) is 9.86. The van der Waals surface area contributed by atoms with Crippen LogP contribution in [0.15, 0.2) is 18.5 Å². The van der Waals surface area contributed by atoms with E-state index in [1.165, 1.54) is 6.20 Å². The molecule has 0 atom stereocenters. The van der Waals surface area contributed by atoms with Gasteiger partial charge in [-0.3, -0.25) is 15.1 Å². The van der Waals surface area contributed by atoms with Crippen molar-refractivity contribution >= 4 is 11.4 Å². The first kappa shape index (κ1) is 10.4. The standard InChI is InChI=1S/C9H13N3O2/c1-3-6-11(2)8-4-5-10-7-9(8)12(13)14/h4-5,7H,3,6H2,1-2H3. The summed E-state index contributed by atoms with van der Waals surface area (Å²) in [4.78, 5) is 15.9. The van der Waals surface area contributed by atoms with E-state index in [1.54, 1.807) is 12.3 Å². The molecule has 14 heavy (non-hydrogen) atoms. The molecule has 0 saturated heterocycles. The van der Waals surface area contributed by atoms with E-state index in [0.717, 1.165) is 13.0 Å². The molecule has 0 amide bonds. The van der Waals surface area contributed by atoms with E-state index in [2.05, 4.69) is 4.98 Å². The van der Waals surface area contributed by atoms with Gasteiger partial charge in [0.1, 0.15) is 11.9 Å². The Morgan fingerprint density at radius 1 is 1.64 bits per heavy atom. The molecule has 5 heteroatoms. The fourth-order valence-electron chi connectivity index (χ4n) is 1.30. The lowest BCUT2D eigenvalue weighted by molar-refractivity contribution is -0.384. The van der Waals surface area contributed by atoms with Crippen LogP contribution in [0.5, 0.6) is 0 Å². The predicted molar refractivity (Wildman–Crippen MR) is 54.5 cm³/mol. The highest BCUT2D eigenvalue weighted by atomic mass is 16.6. The highest BCUT2D eigenvalue weighted by Gasteiger charge is 2.15. The van der Waals surface area contributed by atoms with Gasteiger partial charge in [0.25, 0.3) is 0 Å². The van der Waals surface area contributed by atoms with Gasteiger partial charge in [-0.2, -0.15) is 0 Å². The largest absolute Gasteiger partial charge is 0.369 e. The van der Waals surface area contributed by atoms with E-state index < -0.39 is 4.92 Å². The van der Waals surface area contributed by atoms with Gasteiger partial charge in [0.2, 0.25) is 0 Å².